The molecule has 236 valence electrons. The predicted octanol–water partition coefficient (Wildman–Crippen LogP) is -1.94. The Kier molecular flexibility index (Phi) is 7.00. The minimum atomic E-state index is -5.09. The minimum Gasteiger partial charge on any atom is -0.387 e. The molecule has 3 aliphatic rings. The van der Waals surface area contributed by atoms with E-state index in [9.17, 15) is 23.0 Å². The molecule has 7 N–H and O–H groups in total. The molecule has 0 amide bonds. The Morgan fingerprint density at radius 3 is 2.16 bits per heavy atom. The largest absolute Gasteiger partial charge is 0.472 e. The second-order valence-electron chi connectivity index (χ2n) is 9.93. The third-order valence-electron chi connectivity index (χ3n) is 7.26. The standard InChI is InChI=1S/C20H23FN11O10PS/c21-9-13-7(39-19(9)31-5-28-10-15(22)24-3-26-17(10)31)1-30-44(36,37)42-14-12(33)8(2-38-43(34,35)41-13)40-20(14)32-6-29-11-16(23)25-4-27-18(11)32/h3-9,12-14,19-20,30,33H,1-2H2,(H,34,35)(H2,22,24,26)(H2,23,25,27)/t7-,8-,9-,12-,13-,14-,19?,20?/m1/s1. The van der Waals surface area contributed by atoms with Crippen LogP contribution in [0.25, 0.3) is 22.3 Å². The molecular weight excluding hydrogens is 636 g/mol. The molecule has 0 spiro atoms. The number of halogens is 1. The quantitative estimate of drug-likeness (QED) is 0.146. The molecule has 3 saturated heterocycles. The number of alkyl halides is 1. The Labute approximate surface area is 245 Å². The molecule has 3 unspecified atom stereocenters. The average Bonchev–Trinajstić information content (AvgIpc) is 3.73. The predicted molar refractivity (Wildman–Crippen MR) is 141 cm³/mol. The Bertz CT molecular complexity index is 1900. The van der Waals surface area contributed by atoms with Crippen molar-refractivity contribution < 1.29 is 50.1 Å². The van der Waals surface area contributed by atoms with Gasteiger partial charge in [-0.1, -0.05) is 0 Å². The first-order valence-electron chi connectivity index (χ1n) is 12.7. The SMILES string of the molecule is Nc1ncnc2c1ncn2C1O[C@@H]2CNS(=O)(=O)O[C@H]3C(n4cnc5c(N)ncnc54)O[C@H](COP(=O)(O)O[C@H]2[C@H]1F)[C@H]3O. The lowest BCUT2D eigenvalue weighted by Gasteiger charge is -2.24. The summed E-state index contributed by atoms with van der Waals surface area (Å²) in [5.74, 6) is 0.0331. The van der Waals surface area contributed by atoms with Gasteiger partial charge in [-0.3, -0.25) is 18.2 Å². The van der Waals surface area contributed by atoms with Gasteiger partial charge in [-0.25, -0.2) is 43.0 Å². The van der Waals surface area contributed by atoms with Crippen molar-refractivity contribution in [2.75, 3.05) is 24.6 Å². The molecule has 0 saturated carbocycles. The van der Waals surface area contributed by atoms with Crippen molar-refractivity contribution in [2.45, 2.75) is 49.1 Å². The zero-order valence-corrected chi connectivity index (χ0v) is 23.7. The molecule has 0 aromatic carbocycles. The highest BCUT2D eigenvalue weighted by atomic mass is 32.2. The number of nitrogen functional groups attached to an aromatic ring is 2. The summed E-state index contributed by atoms with van der Waals surface area (Å²) < 4.78 is 86.7. The normalized spacial score (nSPS) is 36.1. The molecule has 0 radical (unpaired) electrons. The molecule has 21 nitrogen and oxygen atoms in total. The second-order valence-corrected chi connectivity index (χ2v) is 12.7. The maximum absolute atomic E-state index is 15.9. The molecule has 4 aromatic heterocycles. The highest BCUT2D eigenvalue weighted by Gasteiger charge is 2.53. The molecule has 3 aliphatic heterocycles. The number of hydrogen-bond acceptors (Lipinski definition) is 17. The van der Waals surface area contributed by atoms with E-state index in [4.69, 9.17) is 34.2 Å². The van der Waals surface area contributed by atoms with Crippen molar-refractivity contribution >= 4 is 52.1 Å². The number of ether oxygens (including phenoxy) is 2. The van der Waals surface area contributed by atoms with E-state index in [2.05, 4.69) is 34.6 Å². The van der Waals surface area contributed by atoms with Gasteiger partial charge in [-0.2, -0.15) is 13.1 Å². The molecule has 0 aliphatic carbocycles. The number of aliphatic hydroxyl groups excluding tert-OH is 1. The Morgan fingerprint density at radius 1 is 0.932 bits per heavy atom. The highest BCUT2D eigenvalue weighted by Crippen LogP contribution is 2.50. The van der Waals surface area contributed by atoms with E-state index < -0.39 is 80.4 Å². The third-order valence-corrected chi connectivity index (χ3v) is 9.24. The van der Waals surface area contributed by atoms with Crippen LogP contribution in [0.3, 0.4) is 0 Å². The second kappa shape index (κ2) is 10.5. The minimum absolute atomic E-state index is 0.0103. The Hall–Kier alpha value is -3.51. The zero-order chi connectivity index (χ0) is 31.0. The van der Waals surface area contributed by atoms with Gasteiger partial charge in [0.2, 0.25) is 0 Å². The monoisotopic (exact) mass is 659 g/mol. The van der Waals surface area contributed by atoms with Gasteiger partial charge in [0.25, 0.3) is 0 Å². The number of aromatic nitrogens is 8. The lowest BCUT2D eigenvalue weighted by molar-refractivity contribution is -0.0536. The molecule has 7 rings (SSSR count). The van der Waals surface area contributed by atoms with E-state index in [-0.39, 0.29) is 34.0 Å². The van der Waals surface area contributed by atoms with E-state index >= 15 is 4.39 Å². The van der Waals surface area contributed by atoms with E-state index in [0.717, 1.165) is 17.2 Å². The Morgan fingerprint density at radius 2 is 1.52 bits per heavy atom. The number of nitrogens with two attached hydrogens (primary N) is 2. The molecule has 44 heavy (non-hydrogen) atoms. The number of nitrogens with zero attached hydrogens (tertiary/aromatic N) is 8. The number of fused-ring (bicyclic) bond motifs is 5. The van der Waals surface area contributed by atoms with Crippen LogP contribution in [0.4, 0.5) is 16.0 Å². The van der Waals surface area contributed by atoms with Gasteiger partial charge in [0.05, 0.1) is 19.3 Å². The summed E-state index contributed by atoms with van der Waals surface area (Å²) in [5, 5.41) is 11.0. The number of aliphatic hydroxyl groups is 1. The summed E-state index contributed by atoms with van der Waals surface area (Å²) in [4.78, 5) is 34.5. The number of anilines is 2. The number of hydrogen-bond donors (Lipinski definition) is 5. The molecule has 3 fully saturated rings. The van der Waals surface area contributed by atoms with Crippen LogP contribution in [0.1, 0.15) is 12.5 Å². The van der Waals surface area contributed by atoms with E-state index in [1.54, 1.807) is 0 Å². The summed E-state index contributed by atoms with van der Waals surface area (Å²) >= 11 is 0. The lowest BCUT2D eigenvalue weighted by Crippen LogP contribution is -2.43. The number of rotatable bonds is 2. The van der Waals surface area contributed by atoms with Crippen LogP contribution in [-0.4, -0.2) is 107 Å². The average molecular weight is 660 g/mol. The Balaban J connectivity index is 1.20. The van der Waals surface area contributed by atoms with E-state index in [1.807, 2.05) is 0 Å². The van der Waals surface area contributed by atoms with Crippen molar-refractivity contribution in [3.63, 3.8) is 0 Å². The van der Waals surface area contributed by atoms with Gasteiger partial charge < -0.3 is 30.9 Å². The van der Waals surface area contributed by atoms with Gasteiger partial charge in [0.1, 0.15) is 48.1 Å². The number of phosphoric ester groups is 1. The van der Waals surface area contributed by atoms with Gasteiger partial charge in [0, 0.05) is 6.54 Å². The zero-order valence-electron chi connectivity index (χ0n) is 22.0. The van der Waals surface area contributed by atoms with Crippen molar-refractivity contribution in [2.24, 2.45) is 0 Å². The molecular formula is C20H23FN11O10PS. The summed E-state index contributed by atoms with van der Waals surface area (Å²) in [6.07, 6.45) is -8.62. The van der Waals surface area contributed by atoms with Gasteiger partial charge >= 0.3 is 18.1 Å². The smallest absolute Gasteiger partial charge is 0.387 e. The topological polar surface area (TPSA) is 289 Å². The molecule has 4 aromatic rings. The summed E-state index contributed by atoms with van der Waals surface area (Å²) in [7, 11) is -9.83. The third kappa shape index (κ3) is 4.95. The first-order valence-corrected chi connectivity index (χ1v) is 15.7. The fraction of sp³-hybridized carbons (Fsp3) is 0.500. The number of nitrogens with one attached hydrogen (secondary N) is 1. The molecule has 2 bridgehead atoms. The van der Waals surface area contributed by atoms with Crippen LogP contribution in [0.5, 0.6) is 0 Å². The fourth-order valence-corrected chi connectivity index (χ4v) is 7.11. The molecule has 24 heteroatoms. The van der Waals surface area contributed by atoms with Crippen molar-refractivity contribution in [3.05, 3.63) is 25.3 Å². The van der Waals surface area contributed by atoms with Crippen molar-refractivity contribution in [3.8, 4) is 0 Å². The van der Waals surface area contributed by atoms with Gasteiger partial charge in [-0.15, -0.1) is 0 Å². The van der Waals surface area contributed by atoms with Crippen molar-refractivity contribution in [1.82, 2.24) is 43.8 Å². The van der Waals surface area contributed by atoms with Crippen LogP contribution in [0.15, 0.2) is 25.3 Å². The highest BCUT2D eigenvalue weighted by molar-refractivity contribution is 7.84. The van der Waals surface area contributed by atoms with Crippen LogP contribution < -0.4 is 16.2 Å². The first-order chi connectivity index (χ1) is 20.9. The van der Waals surface area contributed by atoms with E-state index in [1.165, 1.54) is 17.2 Å². The maximum Gasteiger partial charge on any atom is 0.472 e. The van der Waals surface area contributed by atoms with E-state index in [0.29, 0.717) is 0 Å². The molecule has 7 heterocycles. The van der Waals surface area contributed by atoms with Crippen LogP contribution in [-0.2, 0) is 37.6 Å². The summed E-state index contributed by atoms with van der Waals surface area (Å²) in [5.41, 5.74) is 12.1. The van der Waals surface area contributed by atoms with Crippen LogP contribution >= 0.6 is 7.82 Å². The summed E-state index contributed by atoms with van der Waals surface area (Å²) in [6.45, 7) is -1.51. The fourth-order valence-electron chi connectivity index (χ4n) is 5.22. The first kappa shape index (κ1) is 29.2. The molecule has 9 atom stereocenters. The van der Waals surface area contributed by atoms with Gasteiger partial charge in [-0.05, 0) is 0 Å². The lowest BCUT2D eigenvalue weighted by atomic mass is 10.1. The number of imidazole rings is 2. The summed E-state index contributed by atoms with van der Waals surface area (Å²) in [6, 6.07) is 0. The van der Waals surface area contributed by atoms with Gasteiger partial charge in [0.15, 0.2) is 47.7 Å². The number of phosphoric acid groups is 1. The van der Waals surface area contributed by atoms with Crippen LogP contribution in [0.2, 0.25) is 0 Å². The van der Waals surface area contributed by atoms with Crippen LogP contribution in [0, 0.1) is 0 Å². The maximum atomic E-state index is 15.9. The van der Waals surface area contributed by atoms with Crippen molar-refractivity contribution in [1.29, 1.82) is 0 Å².